The molecule has 1 N–H and O–H groups in total. The van der Waals surface area contributed by atoms with Crippen molar-refractivity contribution in [3.05, 3.63) is 29.3 Å². The number of benzene rings is 1. The summed E-state index contributed by atoms with van der Waals surface area (Å²) in [5, 5.41) is 18.6. The van der Waals surface area contributed by atoms with Crippen molar-refractivity contribution in [3.8, 4) is 11.8 Å². The van der Waals surface area contributed by atoms with E-state index in [9.17, 15) is 5.11 Å². The van der Waals surface area contributed by atoms with E-state index in [0.29, 0.717) is 19.5 Å². The highest BCUT2D eigenvalue weighted by Gasteiger charge is 2.11. The third-order valence-corrected chi connectivity index (χ3v) is 3.23. The number of aliphatic hydroxyl groups excluding tert-OH is 1. The third-order valence-electron chi connectivity index (χ3n) is 3.23. The van der Waals surface area contributed by atoms with E-state index < -0.39 is 6.10 Å². The first-order valence-electron chi connectivity index (χ1n) is 7.04. The van der Waals surface area contributed by atoms with Crippen molar-refractivity contribution in [1.82, 2.24) is 4.90 Å². The van der Waals surface area contributed by atoms with Crippen molar-refractivity contribution in [3.63, 3.8) is 0 Å². The van der Waals surface area contributed by atoms with E-state index in [1.807, 2.05) is 39.0 Å². The molecule has 0 spiro atoms. The minimum Gasteiger partial charge on any atom is -0.491 e. The smallest absolute Gasteiger partial charge is 0.122 e. The molecule has 0 saturated carbocycles. The van der Waals surface area contributed by atoms with Gasteiger partial charge in [0.15, 0.2) is 0 Å². The third kappa shape index (κ3) is 5.60. The number of rotatable bonds is 8. The molecule has 0 fully saturated rings. The molecule has 0 radical (unpaired) electrons. The van der Waals surface area contributed by atoms with Crippen molar-refractivity contribution < 1.29 is 9.84 Å². The minimum absolute atomic E-state index is 0.271. The van der Waals surface area contributed by atoms with Crippen LogP contribution in [-0.2, 0) is 0 Å². The molecule has 0 bridgehead atoms. The van der Waals surface area contributed by atoms with Crippen LogP contribution in [0.1, 0.15) is 24.5 Å². The molecular formula is C16H24N2O2. The predicted octanol–water partition coefficient (Wildman–Crippen LogP) is 2.28. The average Bonchev–Trinajstić information content (AvgIpc) is 2.44. The van der Waals surface area contributed by atoms with Gasteiger partial charge in [0.05, 0.1) is 6.07 Å². The Bertz CT molecular complexity index is 454. The summed E-state index contributed by atoms with van der Waals surface area (Å²) in [6.45, 7) is 8.34. The van der Waals surface area contributed by atoms with Crippen LogP contribution in [0.4, 0.5) is 0 Å². The summed E-state index contributed by atoms with van der Waals surface area (Å²) in [5.74, 6) is 0.823. The lowest BCUT2D eigenvalue weighted by molar-refractivity contribution is 0.0703. The van der Waals surface area contributed by atoms with E-state index in [0.717, 1.165) is 23.4 Å². The molecule has 1 aromatic rings. The quantitative estimate of drug-likeness (QED) is 0.791. The first kappa shape index (κ1) is 16.5. The second kappa shape index (κ2) is 8.57. The van der Waals surface area contributed by atoms with Crippen LogP contribution < -0.4 is 4.74 Å². The Balaban J connectivity index is 2.44. The molecular weight excluding hydrogens is 252 g/mol. The molecule has 4 nitrogen and oxygen atoms in total. The highest BCUT2D eigenvalue weighted by atomic mass is 16.5. The Morgan fingerprint density at radius 1 is 1.40 bits per heavy atom. The first-order chi connectivity index (χ1) is 9.56. The molecule has 20 heavy (non-hydrogen) atoms. The number of ether oxygens (including phenoxy) is 1. The fourth-order valence-electron chi connectivity index (χ4n) is 1.99. The van der Waals surface area contributed by atoms with E-state index in [-0.39, 0.29) is 6.61 Å². The Kier molecular flexibility index (Phi) is 7.06. The Morgan fingerprint density at radius 2 is 2.15 bits per heavy atom. The molecule has 0 heterocycles. The number of hydrogen-bond acceptors (Lipinski definition) is 4. The summed E-state index contributed by atoms with van der Waals surface area (Å²) >= 11 is 0. The molecule has 1 aromatic carbocycles. The molecule has 4 heteroatoms. The standard InChI is InChI=1S/C16H24N2O2/c1-4-18(9-5-8-17)11-15(19)12-20-16-10-13(2)6-7-14(16)3/h6-7,10,15,19H,4-5,9,11-12H2,1-3H3. The van der Waals surface area contributed by atoms with Gasteiger partial charge in [0.1, 0.15) is 18.5 Å². The summed E-state index contributed by atoms with van der Waals surface area (Å²) < 4.78 is 5.69. The van der Waals surface area contributed by atoms with Gasteiger partial charge < -0.3 is 9.84 Å². The van der Waals surface area contributed by atoms with Gasteiger partial charge >= 0.3 is 0 Å². The minimum atomic E-state index is -0.548. The molecule has 1 rings (SSSR count). The fourth-order valence-corrected chi connectivity index (χ4v) is 1.99. The number of likely N-dealkylation sites (N-methyl/N-ethyl adjacent to an activating group) is 1. The number of nitriles is 1. The highest BCUT2D eigenvalue weighted by Crippen LogP contribution is 2.19. The van der Waals surface area contributed by atoms with E-state index in [1.165, 1.54) is 0 Å². The molecule has 0 aliphatic heterocycles. The van der Waals surface area contributed by atoms with Crippen LogP contribution in [0.2, 0.25) is 0 Å². The second-order valence-corrected chi connectivity index (χ2v) is 5.04. The van der Waals surface area contributed by atoms with Crippen LogP contribution in [0.3, 0.4) is 0 Å². The molecule has 1 atom stereocenters. The Morgan fingerprint density at radius 3 is 2.80 bits per heavy atom. The van der Waals surface area contributed by atoms with E-state index in [2.05, 4.69) is 11.0 Å². The number of hydrogen-bond donors (Lipinski definition) is 1. The van der Waals surface area contributed by atoms with Crippen molar-refractivity contribution >= 4 is 0 Å². The van der Waals surface area contributed by atoms with Crippen molar-refractivity contribution in [2.75, 3.05) is 26.2 Å². The largest absolute Gasteiger partial charge is 0.491 e. The van der Waals surface area contributed by atoms with Gasteiger partial charge in [-0.1, -0.05) is 19.1 Å². The average molecular weight is 276 g/mol. The van der Waals surface area contributed by atoms with Crippen molar-refractivity contribution in [2.24, 2.45) is 0 Å². The number of aliphatic hydroxyl groups is 1. The zero-order valence-electron chi connectivity index (χ0n) is 12.6. The maximum Gasteiger partial charge on any atom is 0.122 e. The molecule has 0 amide bonds. The van der Waals surface area contributed by atoms with Gasteiger partial charge in [0, 0.05) is 19.5 Å². The predicted molar refractivity (Wildman–Crippen MR) is 79.8 cm³/mol. The van der Waals surface area contributed by atoms with Crippen LogP contribution in [0, 0.1) is 25.2 Å². The Hall–Kier alpha value is -1.57. The van der Waals surface area contributed by atoms with Crippen LogP contribution >= 0.6 is 0 Å². The molecule has 0 saturated heterocycles. The van der Waals surface area contributed by atoms with Crippen LogP contribution in [0.15, 0.2) is 18.2 Å². The first-order valence-corrected chi connectivity index (χ1v) is 7.04. The van der Waals surface area contributed by atoms with Gasteiger partial charge in [-0.15, -0.1) is 0 Å². The maximum absolute atomic E-state index is 10.0. The molecule has 110 valence electrons. The zero-order chi connectivity index (χ0) is 15.0. The lowest BCUT2D eigenvalue weighted by Gasteiger charge is -2.23. The molecule has 1 unspecified atom stereocenters. The van der Waals surface area contributed by atoms with Gasteiger partial charge in [-0.25, -0.2) is 0 Å². The van der Waals surface area contributed by atoms with Gasteiger partial charge in [-0.3, -0.25) is 4.90 Å². The van der Waals surface area contributed by atoms with Gasteiger partial charge in [0.2, 0.25) is 0 Å². The van der Waals surface area contributed by atoms with Crippen LogP contribution in [0.5, 0.6) is 5.75 Å². The molecule has 0 aliphatic carbocycles. The van der Waals surface area contributed by atoms with Crippen molar-refractivity contribution in [2.45, 2.75) is 33.3 Å². The van der Waals surface area contributed by atoms with E-state index in [1.54, 1.807) is 0 Å². The normalized spacial score (nSPS) is 12.2. The lowest BCUT2D eigenvalue weighted by atomic mass is 10.1. The second-order valence-electron chi connectivity index (χ2n) is 5.04. The van der Waals surface area contributed by atoms with Gasteiger partial charge in [-0.05, 0) is 37.6 Å². The number of nitrogens with zero attached hydrogens (tertiary/aromatic N) is 2. The fraction of sp³-hybridized carbons (Fsp3) is 0.562. The summed E-state index contributed by atoms with van der Waals surface area (Å²) in [6.07, 6.45) is -0.0631. The van der Waals surface area contributed by atoms with E-state index >= 15 is 0 Å². The van der Waals surface area contributed by atoms with Crippen molar-refractivity contribution in [1.29, 1.82) is 5.26 Å². The number of aryl methyl sites for hydroxylation is 2. The summed E-state index contributed by atoms with van der Waals surface area (Å²) in [4.78, 5) is 2.06. The molecule has 0 aromatic heterocycles. The summed E-state index contributed by atoms with van der Waals surface area (Å²) in [6, 6.07) is 8.16. The molecule has 0 aliphatic rings. The van der Waals surface area contributed by atoms with Gasteiger partial charge in [-0.2, -0.15) is 5.26 Å². The monoisotopic (exact) mass is 276 g/mol. The van der Waals surface area contributed by atoms with Crippen LogP contribution in [0.25, 0.3) is 0 Å². The highest BCUT2D eigenvalue weighted by molar-refractivity contribution is 5.35. The zero-order valence-corrected chi connectivity index (χ0v) is 12.6. The van der Waals surface area contributed by atoms with Crippen LogP contribution in [-0.4, -0.2) is 42.4 Å². The van der Waals surface area contributed by atoms with Gasteiger partial charge in [0.25, 0.3) is 0 Å². The SMILES string of the molecule is CCN(CCC#N)CC(O)COc1cc(C)ccc1C. The Labute approximate surface area is 121 Å². The summed E-state index contributed by atoms with van der Waals surface area (Å²) in [7, 11) is 0. The lowest BCUT2D eigenvalue weighted by Crippen LogP contribution is -2.36. The van der Waals surface area contributed by atoms with E-state index in [4.69, 9.17) is 10.00 Å². The topological polar surface area (TPSA) is 56.5 Å². The maximum atomic E-state index is 10.0. The summed E-state index contributed by atoms with van der Waals surface area (Å²) in [5.41, 5.74) is 2.21.